The molecule has 0 aliphatic heterocycles. The highest BCUT2D eigenvalue weighted by molar-refractivity contribution is 9.10. The zero-order chi connectivity index (χ0) is 11.6. The number of benzene rings is 1. The lowest BCUT2D eigenvalue weighted by Gasteiger charge is -2.22. The van der Waals surface area contributed by atoms with Gasteiger partial charge in [0.05, 0.1) is 12.1 Å². The van der Waals surface area contributed by atoms with Crippen LogP contribution in [0.15, 0.2) is 22.7 Å². The zero-order valence-electron chi connectivity index (χ0n) is 8.74. The minimum absolute atomic E-state index is 0.0436. The van der Waals surface area contributed by atoms with Crippen LogP contribution in [0.5, 0.6) is 0 Å². The molecule has 4 heteroatoms. The van der Waals surface area contributed by atoms with E-state index in [2.05, 4.69) is 15.9 Å². The van der Waals surface area contributed by atoms with Gasteiger partial charge in [-0.25, -0.2) is 4.39 Å². The smallest absolute Gasteiger partial charge is 0.124 e. The summed E-state index contributed by atoms with van der Waals surface area (Å²) in [6.45, 7) is 3.75. The molecule has 0 aliphatic rings. The van der Waals surface area contributed by atoms with Gasteiger partial charge in [0.1, 0.15) is 5.82 Å². The van der Waals surface area contributed by atoms with Gasteiger partial charge in [0.15, 0.2) is 0 Å². The molecule has 1 rings (SSSR count). The summed E-state index contributed by atoms with van der Waals surface area (Å²) in [6.07, 6.45) is -0.668. The second kappa shape index (κ2) is 5.05. The van der Waals surface area contributed by atoms with E-state index >= 15 is 0 Å². The predicted molar refractivity (Wildman–Crippen MR) is 61.9 cm³/mol. The van der Waals surface area contributed by atoms with Gasteiger partial charge in [0.25, 0.3) is 0 Å². The molecule has 0 unspecified atom stereocenters. The van der Waals surface area contributed by atoms with Crippen molar-refractivity contribution in [2.75, 3.05) is 0 Å². The molecule has 0 fully saturated rings. The minimum Gasteiger partial charge on any atom is -0.391 e. The minimum atomic E-state index is -0.668. The molecule has 0 saturated carbocycles. The van der Waals surface area contributed by atoms with E-state index in [-0.39, 0.29) is 11.7 Å². The third kappa shape index (κ3) is 3.26. The van der Waals surface area contributed by atoms with Crippen molar-refractivity contribution < 1.29 is 9.50 Å². The molecule has 0 aromatic heterocycles. The molecule has 15 heavy (non-hydrogen) atoms. The van der Waals surface area contributed by atoms with Crippen LogP contribution in [0.4, 0.5) is 4.39 Å². The molecule has 0 aliphatic carbocycles. The third-order valence-corrected chi connectivity index (χ3v) is 2.78. The quantitative estimate of drug-likeness (QED) is 0.891. The molecular weight excluding hydrogens is 261 g/mol. The van der Waals surface area contributed by atoms with Crippen molar-refractivity contribution in [2.24, 2.45) is 11.7 Å². The van der Waals surface area contributed by atoms with Crippen LogP contribution < -0.4 is 5.73 Å². The molecule has 0 bridgehead atoms. The maximum atomic E-state index is 13.1. The summed E-state index contributed by atoms with van der Waals surface area (Å²) in [5, 5.41) is 9.77. The van der Waals surface area contributed by atoms with Gasteiger partial charge in [-0.3, -0.25) is 0 Å². The van der Waals surface area contributed by atoms with E-state index < -0.39 is 12.1 Å². The molecule has 2 nitrogen and oxygen atoms in total. The van der Waals surface area contributed by atoms with Crippen molar-refractivity contribution >= 4 is 15.9 Å². The van der Waals surface area contributed by atoms with Gasteiger partial charge >= 0.3 is 0 Å². The van der Waals surface area contributed by atoms with Crippen molar-refractivity contribution in [1.29, 1.82) is 0 Å². The average molecular weight is 276 g/mol. The Morgan fingerprint density at radius 1 is 1.33 bits per heavy atom. The van der Waals surface area contributed by atoms with E-state index in [1.165, 1.54) is 12.1 Å². The molecule has 0 saturated heterocycles. The van der Waals surface area contributed by atoms with Crippen LogP contribution >= 0.6 is 15.9 Å². The molecule has 84 valence electrons. The summed E-state index contributed by atoms with van der Waals surface area (Å²) < 4.78 is 13.7. The van der Waals surface area contributed by atoms with Gasteiger partial charge in [-0.05, 0) is 29.7 Å². The van der Waals surface area contributed by atoms with Crippen molar-refractivity contribution in [2.45, 2.75) is 26.0 Å². The van der Waals surface area contributed by atoms with E-state index in [0.29, 0.717) is 10.0 Å². The number of nitrogens with two attached hydrogens (primary N) is 1. The van der Waals surface area contributed by atoms with E-state index in [0.717, 1.165) is 0 Å². The normalized spacial score (nSPS) is 15.4. The van der Waals surface area contributed by atoms with Crippen LogP contribution in [0.3, 0.4) is 0 Å². The molecule has 3 N–H and O–H groups in total. The lowest BCUT2D eigenvalue weighted by molar-refractivity contribution is 0.0978. The third-order valence-electron chi connectivity index (χ3n) is 2.32. The molecule has 2 atom stereocenters. The lowest BCUT2D eigenvalue weighted by atomic mass is 9.94. The van der Waals surface area contributed by atoms with E-state index in [1.54, 1.807) is 6.07 Å². The Morgan fingerprint density at radius 2 is 1.93 bits per heavy atom. The Hall–Kier alpha value is -0.450. The fraction of sp³-hybridized carbons (Fsp3) is 0.455. The van der Waals surface area contributed by atoms with Crippen LogP contribution in [0.2, 0.25) is 0 Å². The Bertz CT molecular complexity index is 323. The standard InChI is InChI=1S/C11H15BrFNO/c1-6(2)11(15)10(14)7-3-8(12)5-9(13)4-7/h3-6,10-11,15H,14H2,1-2H3/t10-,11+/m1/s1. The second-order valence-corrected chi connectivity index (χ2v) is 4.88. The first-order valence-corrected chi connectivity index (χ1v) is 5.60. The summed E-state index contributed by atoms with van der Waals surface area (Å²) >= 11 is 3.19. The molecular formula is C11H15BrFNO. The molecule has 0 heterocycles. The summed E-state index contributed by atoms with van der Waals surface area (Å²) in [5.74, 6) is -0.312. The monoisotopic (exact) mass is 275 g/mol. The molecule has 1 aromatic rings. The van der Waals surface area contributed by atoms with Gasteiger partial charge in [-0.2, -0.15) is 0 Å². The Labute approximate surface area is 97.4 Å². The molecule has 1 aromatic carbocycles. The number of hydrogen-bond acceptors (Lipinski definition) is 2. The van der Waals surface area contributed by atoms with Crippen molar-refractivity contribution in [3.63, 3.8) is 0 Å². The summed E-state index contributed by atoms with van der Waals surface area (Å²) in [7, 11) is 0. The first kappa shape index (κ1) is 12.6. The predicted octanol–water partition coefficient (Wildman–Crippen LogP) is 2.60. The summed E-state index contributed by atoms with van der Waals surface area (Å²) in [6, 6.07) is 3.87. The van der Waals surface area contributed by atoms with Gasteiger partial charge in [-0.15, -0.1) is 0 Å². The average Bonchev–Trinajstić information content (AvgIpc) is 2.13. The number of halogens is 2. The SMILES string of the molecule is CC(C)[C@H](O)[C@H](N)c1cc(F)cc(Br)c1. The first-order valence-electron chi connectivity index (χ1n) is 4.81. The van der Waals surface area contributed by atoms with Crippen LogP contribution in [0.1, 0.15) is 25.5 Å². The first-order chi connectivity index (χ1) is 6.91. The largest absolute Gasteiger partial charge is 0.391 e. The highest BCUT2D eigenvalue weighted by Crippen LogP contribution is 2.23. The molecule has 0 radical (unpaired) electrons. The van der Waals surface area contributed by atoms with Crippen LogP contribution in [0.25, 0.3) is 0 Å². The number of aliphatic hydroxyl groups excluding tert-OH is 1. The van der Waals surface area contributed by atoms with Gasteiger partial charge < -0.3 is 10.8 Å². The van der Waals surface area contributed by atoms with E-state index in [9.17, 15) is 9.50 Å². The van der Waals surface area contributed by atoms with Crippen LogP contribution in [-0.2, 0) is 0 Å². The lowest BCUT2D eigenvalue weighted by Crippen LogP contribution is -2.30. The van der Waals surface area contributed by atoms with Gasteiger partial charge in [0, 0.05) is 4.47 Å². The highest BCUT2D eigenvalue weighted by Gasteiger charge is 2.20. The van der Waals surface area contributed by atoms with Gasteiger partial charge in [0.2, 0.25) is 0 Å². The van der Waals surface area contributed by atoms with Crippen molar-refractivity contribution in [1.82, 2.24) is 0 Å². The second-order valence-electron chi connectivity index (χ2n) is 3.96. The Kier molecular flexibility index (Phi) is 4.25. The number of rotatable bonds is 3. The summed E-state index contributed by atoms with van der Waals surface area (Å²) in [4.78, 5) is 0. The van der Waals surface area contributed by atoms with E-state index in [4.69, 9.17) is 5.73 Å². The maximum absolute atomic E-state index is 13.1. The Morgan fingerprint density at radius 3 is 2.40 bits per heavy atom. The number of hydrogen-bond donors (Lipinski definition) is 2. The summed E-state index contributed by atoms with van der Waals surface area (Å²) in [5.41, 5.74) is 6.44. The maximum Gasteiger partial charge on any atom is 0.124 e. The van der Waals surface area contributed by atoms with Crippen molar-refractivity contribution in [3.05, 3.63) is 34.1 Å². The molecule has 0 amide bonds. The fourth-order valence-electron chi connectivity index (χ4n) is 1.38. The van der Waals surface area contributed by atoms with Gasteiger partial charge in [-0.1, -0.05) is 29.8 Å². The number of aliphatic hydroxyl groups is 1. The Balaban J connectivity index is 2.95. The molecule has 0 spiro atoms. The zero-order valence-corrected chi connectivity index (χ0v) is 10.3. The topological polar surface area (TPSA) is 46.2 Å². The van der Waals surface area contributed by atoms with Crippen LogP contribution in [0, 0.1) is 11.7 Å². The van der Waals surface area contributed by atoms with Crippen molar-refractivity contribution in [3.8, 4) is 0 Å². The highest BCUT2D eigenvalue weighted by atomic mass is 79.9. The van der Waals surface area contributed by atoms with E-state index in [1.807, 2.05) is 13.8 Å². The van der Waals surface area contributed by atoms with Crippen LogP contribution in [-0.4, -0.2) is 11.2 Å². The fourth-order valence-corrected chi connectivity index (χ4v) is 1.86.